The van der Waals surface area contributed by atoms with Gasteiger partial charge in [0, 0.05) is 24.2 Å². The number of para-hydroxylation sites is 1. The number of hydrogen-bond acceptors (Lipinski definition) is 3. The molecular formula is C20H22N2O3. The molecule has 2 amide bonds. The number of amides is 2. The van der Waals surface area contributed by atoms with Crippen molar-refractivity contribution in [2.75, 3.05) is 11.4 Å². The Morgan fingerprint density at radius 3 is 2.44 bits per heavy atom. The molecule has 1 aliphatic rings. The molecule has 0 spiro atoms. The van der Waals surface area contributed by atoms with Crippen LogP contribution in [-0.4, -0.2) is 30.5 Å². The van der Waals surface area contributed by atoms with Crippen LogP contribution >= 0.6 is 0 Å². The van der Waals surface area contributed by atoms with Crippen LogP contribution in [0.1, 0.15) is 30.6 Å². The molecule has 2 aromatic rings. The molecule has 0 saturated carbocycles. The van der Waals surface area contributed by atoms with E-state index < -0.39 is 0 Å². The van der Waals surface area contributed by atoms with Gasteiger partial charge >= 0.3 is 0 Å². The maximum atomic E-state index is 12.4. The lowest BCUT2D eigenvalue weighted by Crippen LogP contribution is -2.37. The first-order chi connectivity index (χ1) is 12.0. The molecular weight excluding hydrogens is 316 g/mol. The van der Waals surface area contributed by atoms with E-state index in [2.05, 4.69) is 5.32 Å². The average Bonchev–Trinajstić information content (AvgIpc) is 2.96. The maximum absolute atomic E-state index is 12.4. The summed E-state index contributed by atoms with van der Waals surface area (Å²) in [7, 11) is 0. The van der Waals surface area contributed by atoms with Gasteiger partial charge in [0.2, 0.25) is 5.91 Å². The normalized spacial score (nSPS) is 17.0. The van der Waals surface area contributed by atoms with Crippen LogP contribution in [-0.2, 0) is 4.79 Å². The largest absolute Gasteiger partial charge is 0.491 e. The number of carbonyl (C=O) groups is 2. The number of nitrogens with zero attached hydrogens (tertiary/aromatic N) is 1. The Morgan fingerprint density at radius 2 is 1.80 bits per heavy atom. The van der Waals surface area contributed by atoms with Crippen LogP contribution < -0.4 is 15.0 Å². The first kappa shape index (κ1) is 17.0. The molecule has 0 aromatic heterocycles. The molecule has 0 aliphatic carbocycles. The van der Waals surface area contributed by atoms with Crippen LogP contribution in [0.5, 0.6) is 5.75 Å². The number of benzene rings is 2. The van der Waals surface area contributed by atoms with Crippen molar-refractivity contribution in [3.63, 3.8) is 0 Å². The lowest BCUT2D eigenvalue weighted by Gasteiger charge is -2.17. The minimum Gasteiger partial charge on any atom is -0.491 e. The Labute approximate surface area is 147 Å². The Hall–Kier alpha value is -2.82. The summed E-state index contributed by atoms with van der Waals surface area (Å²) in [4.78, 5) is 26.3. The van der Waals surface area contributed by atoms with Crippen LogP contribution in [0.25, 0.3) is 0 Å². The molecule has 130 valence electrons. The van der Waals surface area contributed by atoms with Crippen molar-refractivity contribution < 1.29 is 14.3 Å². The molecule has 1 aliphatic heterocycles. The molecule has 1 saturated heterocycles. The van der Waals surface area contributed by atoms with Gasteiger partial charge in [0.25, 0.3) is 5.91 Å². The SMILES string of the molecule is CC(C)Oc1ccc(C(=O)N[C@@H]2CC(=O)N(c3ccccc3)C2)cc1. The van der Waals surface area contributed by atoms with Gasteiger partial charge in [0.1, 0.15) is 5.75 Å². The van der Waals surface area contributed by atoms with Crippen molar-refractivity contribution in [3.8, 4) is 5.75 Å². The molecule has 5 heteroatoms. The van der Waals surface area contributed by atoms with Gasteiger partial charge < -0.3 is 15.0 Å². The van der Waals surface area contributed by atoms with Crippen LogP contribution in [0.4, 0.5) is 5.69 Å². The molecule has 1 N–H and O–H groups in total. The second kappa shape index (κ2) is 7.38. The molecule has 0 unspecified atom stereocenters. The zero-order valence-corrected chi connectivity index (χ0v) is 14.4. The van der Waals surface area contributed by atoms with E-state index in [0.29, 0.717) is 18.5 Å². The first-order valence-electron chi connectivity index (χ1n) is 8.46. The molecule has 1 atom stereocenters. The molecule has 1 heterocycles. The molecule has 25 heavy (non-hydrogen) atoms. The fourth-order valence-electron chi connectivity index (χ4n) is 2.89. The fraction of sp³-hybridized carbons (Fsp3) is 0.300. The average molecular weight is 338 g/mol. The van der Waals surface area contributed by atoms with E-state index in [1.165, 1.54) is 0 Å². The highest BCUT2D eigenvalue weighted by Crippen LogP contribution is 2.21. The highest BCUT2D eigenvalue weighted by atomic mass is 16.5. The number of hydrogen-bond donors (Lipinski definition) is 1. The van der Waals surface area contributed by atoms with Crippen molar-refractivity contribution in [1.82, 2.24) is 5.32 Å². The van der Waals surface area contributed by atoms with Gasteiger partial charge in [-0.2, -0.15) is 0 Å². The molecule has 5 nitrogen and oxygen atoms in total. The Balaban J connectivity index is 1.61. The first-order valence-corrected chi connectivity index (χ1v) is 8.46. The summed E-state index contributed by atoms with van der Waals surface area (Å²) in [6.07, 6.45) is 0.406. The molecule has 1 fully saturated rings. The number of ether oxygens (including phenoxy) is 1. The van der Waals surface area contributed by atoms with Crippen molar-refractivity contribution >= 4 is 17.5 Å². The molecule has 2 aromatic carbocycles. The van der Waals surface area contributed by atoms with Crippen LogP contribution in [0.2, 0.25) is 0 Å². The number of carbonyl (C=O) groups excluding carboxylic acids is 2. The van der Waals surface area contributed by atoms with Crippen LogP contribution in [0, 0.1) is 0 Å². The summed E-state index contributed by atoms with van der Waals surface area (Å²) in [5.74, 6) is 0.582. The third-order valence-electron chi connectivity index (χ3n) is 4.02. The zero-order valence-electron chi connectivity index (χ0n) is 14.4. The number of anilines is 1. The zero-order chi connectivity index (χ0) is 17.8. The van der Waals surface area contributed by atoms with Gasteiger partial charge in [-0.3, -0.25) is 9.59 Å². The summed E-state index contributed by atoms with van der Waals surface area (Å²) in [6, 6.07) is 16.4. The van der Waals surface area contributed by atoms with E-state index in [0.717, 1.165) is 11.4 Å². The molecule has 0 radical (unpaired) electrons. The molecule has 0 bridgehead atoms. The Bertz CT molecular complexity index is 741. The van der Waals surface area contributed by atoms with Crippen molar-refractivity contribution in [2.45, 2.75) is 32.4 Å². The fourth-order valence-corrected chi connectivity index (χ4v) is 2.89. The van der Waals surface area contributed by atoms with Gasteiger partial charge in [0.05, 0.1) is 12.1 Å². The van der Waals surface area contributed by atoms with Gasteiger partial charge in [-0.15, -0.1) is 0 Å². The van der Waals surface area contributed by atoms with E-state index in [-0.39, 0.29) is 24.0 Å². The minimum absolute atomic E-state index is 0.0252. The Kier molecular flexibility index (Phi) is 5.03. The standard InChI is InChI=1S/C20H22N2O3/c1-14(2)25-18-10-8-15(9-11-18)20(24)21-16-12-19(23)22(13-16)17-6-4-3-5-7-17/h3-11,14,16H,12-13H2,1-2H3,(H,21,24)/t16-/m1/s1. The predicted octanol–water partition coefficient (Wildman–Crippen LogP) is 3.01. The van der Waals surface area contributed by atoms with Crippen LogP contribution in [0.3, 0.4) is 0 Å². The van der Waals surface area contributed by atoms with E-state index in [1.54, 1.807) is 29.2 Å². The van der Waals surface area contributed by atoms with E-state index in [1.807, 2.05) is 44.2 Å². The van der Waals surface area contributed by atoms with Crippen molar-refractivity contribution in [2.24, 2.45) is 0 Å². The Morgan fingerprint density at radius 1 is 1.12 bits per heavy atom. The lowest BCUT2D eigenvalue weighted by molar-refractivity contribution is -0.117. The van der Waals surface area contributed by atoms with Gasteiger partial charge in [-0.25, -0.2) is 0 Å². The lowest BCUT2D eigenvalue weighted by atomic mass is 10.1. The van der Waals surface area contributed by atoms with Gasteiger partial charge in [0.15, 0.2) is 0 Å². The summed E-state index contributed by atoms with van der Waals surface area (Å²) in [6.45, 7) is 4.40. The van der Waals surface area contributed by atoms with E-state index in [9.17, 15) is 9.59 Å². The predicted molar refractivity (Wildman–Crippen MR) is 96.9 cm³/mol. The van der Waals surface area contributed by atoms with E-state index >= 15 is 0 Å². The summed E-state index contributed by atoms with van der Waals surface area (Å²) in [5.41, 5.74) is 1.42. The van der Waals surface area contributed by atoms with Gasteiger partial charge in [-0.05, 0) is 50.2 Å². The monoisotopic (exact) mass is 338 g/mol. The third kappa shape index (κ3) is 4.18. The number of rotatable bonds is 5. The topological polar surface area (TPSA) is 58.6 Å². The van der Waals surface area contributed by atoms with Crippen LogP contribution in [0.15, 0.2) is 54.6 Å². The van der Waals surface area contributed by atoms with Crippen molar-refractivity contribution in [3.05, 3.63) is 60.2 Å². The highest BCUT2D eigenvalue weighted by Gasteiger charge is 2.31. The maximum Gasteiger partial charge on any atom is 0.251 e. The quantitative estimate of drug-likeness (QED) is 0.912. The summed E-state index contributed by atoms with van der Waals surface area (Å²) >= 11 is 0. The summed E-state index contributed by atoms with van der Waals surface area (Å²) in [5, 5.41) is 2.94. The number of nitrogens with one attached hydrogen (secondary N) is 1. The van der Waals surface area contributed by atoms with Crippen molar-refractivity contribution in [1.29, 1.82) is 0 Å². The highest BCUT2D eigenvalue weighted by molar-refractivity contribution is 5.99. The second-order valence-electron chi connectivity index (χ2n) is 6.41. The second-order valence-corrected chi connectivity index (χ2v) is 6.41. The van der Waals surface area contributed by atoms with Gasteiger partial charge in [-0.1, -0.05) is 18.2 Å². The third-order valence-corrected chi connectivity index (χ3v) is 4.02. The van der Waals surface area contributed by atoms with E-state index in [4.69, 9.17) is 4.74 Å². The minimum atomic E-state index is -0.188. The molecule has 3 rings (SSSR count). The smallest absolute Gasteiger partial charge is 0.251 e. The summed E-state index contributed by atoms with van der Waals surface area (Å²) < 4.78 is 5.58.